The van der Waals surface area contributed by atoms with Gasteiger partial charge in [0, 0.05) is 12.4 Å². The normalized spacial score (nSPS) is 10.8. The summed E-state index contributed by atoms with van der Waals surface area (Å²) in [6.07, 6.45) is 0. The van der Waals surface area contributed by atoms with Crippen LogP contribution in [0.4, 0.5) is 0 Å². The van der Waals surface area contributed by atoms with E-state index in [-0.39, 0.29) is 5.75 Å². The lowest BCUT2D eigenvalue weighted by atomic mass is 10.2. The van der Waals surface area contributed by atoms with Gasteiger partial charge >= 0.3 is 0 Å². The molecule has 0 radical (unpaired) electrons. The summed E-state index contributed by atoms with van der Waals surface area (Å²) in [4.78, 5) is 0. The van der Waals surface area contributed by atoms with Crippen LogP contribution in [0.3, 0.4) is 0 Å². The van der Waals surface area contributed by atoms with Crippen molar-refractivity contribution in [3.63, 3.8) is 0 Å². The van der Waals surface area contributed by atoms with E-state index in [0.29, 0.717) is 18.1 Å². The van der Waals surface area contributed by atoms with E-state index in [2.05, 4.69) is 0 Å². The summed E-state index contributed by atoms with van der Waals surface area (Å²) in [5.74, 6) is 1.69. The molecule has 3 rings (SSSR count). The molecular formula is C17H17NO3. The molecule has 0 atom stereocenters. The largest absolute Gasteiger partial charge is 0.507 e. The van der Waals surface area contributed by atoms with Gasteiger partial charge in [-0.2, -0.15) is 0 Å². The number of hydrogen-bond acceptors (Lipinski definition) is 3. The lowest BCUT2D eigenvalue weighted by Crippen LogP contribution is -2.02. The molecule has 4 nitrogen and oxygen atoms in total. The van der Waals surface area contributed by atoms with Crippen LogP contribution < -0.4 is 9.47 Å². The number of fused-ring (bicyclic) bond motifs is 1. The van der Waals surface area contributed by atoms with Crippen LogP contribution in [0.15, 0.2) is 48.5 Å². The molecule has 0 saturated carbocycles. The van der Waals surface area contributed by atoms with Gasteiger partial charge < -0.3 is 19.1 Å². The first-order valence-electron chi connectivity index (χ1n) is 6.73. The quantitative estimate of drug-likeness (QED) is 0.797. The van der Waals surface area contributed by atoms with E-state index in [1.807, 2.05) is 54.1 Å². The number of aryl methyl sites for hydroxylation is 1. The van der Waals surface area contributed by atoms with Crippen molar-refractivity contribution in [1.82, 2.24) is 4.57 Å². The van der Waals surface area contributed by atoms with Crippen molar-refractivity contribution in [1.29, 1.82) is 0 Å². The Kier molecular flexibility index (Phi) is 3.44. The summed E-state index contributed by atoms with van der Waals surface area (Å²) in [6, 6.07) is 15.0. The van der Waals surface area contributed by atoms with Crippen LogP contribution in [-0.2, 0) is 13.7 Å². The molecular weight excluding hydrogens is 266 g/mol. The van der Waals surface area contributed by atoms with Crippen LogP contribution in [0.5, 0.6) is 17.2 Å². The molecule has 1 heterocycles. The number of nitrogens with zero attached hydrogens (tertiary/aromatic N) is 1. The van der Waals surface area contributed by atoms with Crippen LogP contribution in [0.2, 0.25) is 0 Å². The van der Waals surface area contributed by atoms with E-state index in [1.165, 1.54) is 0 Å². The second kappa shape index (κ2) is 5.40. The molecule has 3 aromatic rings. The summed E-state index contributed by atoms with van der Waals surface area (Å²) in [5, 5.41) is 10.7. The van der Waals surface area contributed by atoms with Gasteiger partial charge in [-0.25, -0.2) is 0 Å². The minimum Gasteiger partial charge on any atom is -0.507 e. The molecule has 0 fully saturated rings. The maximum Gasteiger partial charge on any atom is 0.161 e. The number of benzene rings is 2. The highest BCUT2D eigenvalue weighted by molar-refractivity contribution is 5.87. The van der Waals surface area contributed by atoms with E-state index < -0.39 is 0 Å². The van der Waals surface area contributed by atoms with Crippen LogP contribution in [-0.4, -0.2) is 16.8 Å². The van der Waals surface area contributed by atoms with Gasteiger partial charge in [0.2, 0.25) is 0 Å². The second-order valence-electron chi connectivity index (χ2n) is 4.84. The average molecular weight is 283 g/mol. The smallest absolute Gasteiger partial charge is 0.161 e. The molecule has 0 amide bonds. The van der Waals surface area contributed by atoms with E-state index in [0.717, 1.165) is 16.6 Å². The third kappa shape index (κ3) is 2.40. The van der Waals surface area contributed by atoms with Gasteiger partial charge in [-0.05, 0) is 30.3 Å². The lowest BCUT2D eigenvalue weighted by molar-refractivity contribution is 0.278. The van der Waals surface area contributed by atoms with Crippen molar-refractivity contribution in [2.75, 3.05) is 7.11 Å². The summed E-state index contributed by atoms with van der Waals surface area (Å²) in [6.45, 7) is 0.408. The minimum absolute atomic E-state index is 0.284. The van der Waals surface area contributed by atoms with Crippen LogP contribution >= 0.6 is 0 Å². The van der Waals surface area contributed by atoms with Gasteiger partial charge in [0.15, 0.2) is 11.5 Å². The van der Waals surface area contributed by atoms with E-state index in [9.17, 15) is 5.11 Å². The Morgan fingerprint density at radius 2 is 1.81 bits per heavy atom. The number of hydrogen-bond donors (Lipinski definition) is 1. The molecule has 0 aliphatic carbocycles. The number of rotatable bonds is 4. The number of phenols is 1. The van der Waals surface area contributed by atoms with Crippen molar-refractivity contribution in [3.8, 4) is 17.2 Å². The molecule has 0 aliphatic heterocycles. The first-order valence-corrected chi connectivity index (χ1v) is 6.73. The summed E-state index contributed by atoms with van der Waals surface area (Å²) < 4.78 is 13.1. The Bertz CT molecular complexity index is 777. The maximum absolute atomic E-state index is 9.90. The zero-order chi connectivity index (χ0) is 14.8. The number of methoxy groups -OCH3 is 1. The predicted octanol–water partition coefficient (Wildman–Crippen LogP) is 3.47. The number of aromatic nitrogens is 1. The van der Waals surface area contributed by atoms with Gasteiger partial charge in [0.25, 0.3) is 0 Å². The standard InChI is InChI=1S/C17H17NO3/c1-18-12(10-13-14(18)6-5-7-15(13)19)11-21-17-9-4-3-8-16(17)20-2/h3-10,19H,11H2,1-2H3. The Balaban J connectivity index is 1.89. The third-order valence-electron chi connectivity index (χ3n) is 3.61. The molecule has 0 unspecified atom stereocenters. The fraction of sp³-hybridized carbons (Fsp3) is 0.176. The minimum atomic E-state index is 0.284. The zero-order valence-corrected chi connectivity index (χ0v) is 12.0. The Morgan fingerprint density at radius 3 is 2.52 bits per heavy atom. The van der Waals surface area contributed by atoms with Crippen molar-refractivity contribution in [3.05, 3.63) is 54.2 Å². The first kappa shape index (κ1) is 13.4. The maximum atomic E-state index is 9.90. The average Bonchev–Trinajstić information content (AvgIpc) is 2.84. The van der Waals surface area contributed by atoms with Crippen LogP contribution in [0.1, 0.15) is 5.69 Å². The van der Waals surface area contributed by atoms with Crippen molar-refractivity contribution in [2.45, 2.75) is 6.61 Å². The molecule has 2 aromatic carbocycles. The van der Waals surface area contributed by atoms with Crippen LogP contribution in [0, 0.1) is 0 Å². The molecule has 0 saturated heterocycles. The molecule has 108 valence electrons. The first-order chi connectivity index (χ1) is 10.2. The monoisotopic (exact) mass is 283 g/mol. The van der Waals surface area contributed by atoms with E-state index >= 15 is 0 Å². The molecule has 0 bridgehead atoms. The van der Waals surface area contributed by atoms with Gasteiger partial charge in [-0.1, -0.05) is 18.2 Å². The fourth-order valence-corrected chi connectivity index (χ4v) is 2.43. The summed E-state index contributed by atoms with van der Waals surface area (Å²) in [5.41, 5.74) is 1.96. The number of phenolic OH excluding ortho intramolecular Hbond substituents is 1. The van der Waals surface area contributed by atoms with Gasteiger partial charge in [-0.3, -0.25) is 0 Å². The van der Waals surface area contributed by atoms with Crippen molar-refractivity contribution in [2.24, 2.45) is 7.05 Å². The van der Waals surface area contributed by atoms with E-state index in [1.54, 1.807) is 13.2 Å². The fourth-order valence-electron chi connectivity index (χ4n) is 2.43. The predicted molar refractivity (Wildman–Crippen MR) is 81.9 cm³/mol. The highest BCUT2D eigenvalue weighted by Crippen LogP contribution is 2.30. The topological polar surface area (TPSA) is 43.6 Å². The lowest BCUT2D eigenvalue weighted by Gasteiger charge is -2.10. The van der Waals surface area contributed by atoms with Gasteiger partial charge in [0.1, 0.15) is 12.4 Å². The molecule has 0 aliphatic rings. The Hall–Kier alpha value is -2.62. The Morgan fingerprint density at radius 1 is 1.05 bits per heavy atom. The molecule has 4 heteroatoms. The summed E-state index contributed by atoms with van der Waals surface area (Å²) >= 11 is 0. The SMILES string of the molecule is COc1ccccc1OCc1cc2c(O)cccc2n1C. The van der Waals surface area contributed by atoms with E-state index in [4.69, 9.17) is 9.47 Å². The van der Waals surface area contributed by atoms with Gasteiger partial charge in [0.05, 0.1) is 18.3 Å². The molecule has 21 heavy (non-hydrogen) atoms. The second-order valence-corrected chi connectivity index (χ2v) is 4.84. The number of para-hydroxylation sites is 2. The number of ether oxygens (including phenoxy) is 2. The third-order valence-corrected chi connectivity index (χ3v) is 3.61. The number of aromatic hydroxyl groups is 1. The van der Waals surface area contributed by atoms with Crippen molar-refractivity contribution >= 4 is 10.9 Å². The highest BCUT2D eigenvalue weighted by Gasteiger charge is 2.10. The molecule has 1 N–H and O–H groups in total. The zero-order valence-electron chi connectivity index (χ0n) is 12.0. The molecule has 0 spiro atoms. The van der Waals surface area contributed by atoms with Gasteiger partial charge in [-0.15, -0.1) is 0 Å². The molecule has 1 aromatic heterocycles. The van der Waals surface area contributed by atoms with Crippen LogP contribution in [0.25, 0.3) is 10.9 Å². The summed E-state index contributed by atoms with van der Waals surface area (Å²) in [7, 11) is 3.58. The Labute approximate surface area is 123 Å². The van der Waals surface area contributed by atoms with Crippen molar-refractivity contribution < 1.29 is 14.6 Å². The highest BCUT2D eigenvalue weighted by atomic mass is 16.5.